The maximum Gasteiger partial charge on any atom is 0.0473 e. The van der Waals surface area contributed by atoms with E-state index in [0.29, 0.717) is 0 Å². The van der Waals surface area contributed by atoms with Gasteiger partial charge in [-0.15, -0.1) is 0 Å². The van der Waals surface area contributed by atoms with Crippen LogP contribution in [0.15, 0.2) is 146 Å². The van der Waals surface area contributed by atoms with Gasteiger partial charge in [0.15, 0.2) is 0 Å². The molecule has 0 aliphatic heterocycles. The lowest BCUT2D eigenvalue weighted by atomic mass is 9.92. The summed E-state index contributed by atoms with van der Waals surface area (Å²) in [6.07, 6.45) is 0. The lowest BCUT2D eigenvalue weighted by Gasteiger charge is -2.28. The smallest absolute Gasteiger partial charge is 0.0473 e. The first kappa shape index (κ1) is 27.9. The molecule has 0 atom stereocenters. The van der Waals surface area contributed by atoms with Crippen molar-refractivity contribution in [1.82, 2.24) is 0 Å². The van der Waals surface area contributed by atoms with E-state index in [1.807, 2.05) is 0 Å². The average Bonchev–Trinajstić information content (AvgIpc) is 3.07. The minimum absolute atomic E-state index is 1.15. The summed E-state index contributed by atoms with van der Waals surface area (Å²) < 4.78 is 0. The van der Waals surface area contributed by atoms with Crippen LogP contribution >= 0.6 is 0 Å². The highest BCUT2D eigenvalue weighted by molar-refractivity contribution is 6.24. The van der Waals surface area contributed by atoms with E-state index in [-0.39, 0.29) is 0 Å². The van der Waals surface area contributed by atoms with E-state index in [4.69, 9.17) is 0 Å². The fourth-order valence-corrected chi connectivity index (χ4v) is 6.73. The van der Waals surface area contributed by atoms with E-state index < -0.39 is 0 Å². The molecule has 2 nitrogen and oxygen atoms in total. The predicted octanol–water partition coefficient (Wildman–Crippen LogP) is 12.8. The second-order valence-corrected chi connectivity index (χ2v) is 12.7. The fourth-order valence-electron chi connectivity index (χ4n) is 6.73. The van der Waals surface area contributed by atoms with Crippen LogP contribution in [0.1, 0.15) is 22.3 Å². The Hall–Kier alpha value is -5.60. The van der Waals surface area contributed by atoms with Crippen molar-refractivity contribution >= 4 is 66.4 Å². The maximum atomic E-state index is 2.37. The van der Waals surface area contributed by atoms with Crippen LogP contribution in [0.3, 0.4) is 0 Å². The minimum atomic E-state index is 1.15. The monoisotopic (exact) mass is 592 g/mol. The van der Waals surface area contributed by atoms with E-state index in [1.165, 1.54) is 54.6 Å². The van der Waals surface area contributed by atoms with Crippen molar-refractivity contribution in [3.63, 3.8) is 0 Å². The highest BCUT2D eigenvalue weighted by Crippen LogP contribution is 2.44. The molecule has 0 heterocycles. The molecule has 0 aliphatic carbocycles. The molecular weight excluding hydrogens is 556 g/mol. The molecule has 222 valence electrons. The molecule has 0 N–H and O–H groups in total. The van der Waals surface area contributed by atoms with Crippen LogP contribution < -0.4 is 9.80 Å². The third-order valence-electron chi connectivity index (χ3n) is 9.19. The van der Waals surface area contributed by atoms with Crippen LogP contribution in [0, 0.1) is 27.7 Å². The molecule has 8 aromatic rings. The molecule has 46 heavy (non-hydrogen) atoms. The number of anilines is 6. The Morgan fingerprint density at radius 2 is 0.478 bits per heavy atom. The largest absolute Gasteiger partial charge is 0.310 e. The van der Waals surface area contributed by atoms with Crippen LogP contribution in [-0.4, -0.2) is 0 Å². The summed E-state index contributed by atoms with van der Waals surface area (Å²) in [5.74, 6) is 0. The average molecular weight is 593 g/mol. The zero-order valence-electron chi connectivity index (χ0n) is 26.8. The number of benzene rings is 8. The SMILES string of the molecule is Cc1ccc(N(c2ccc(C)cc2)c2cc3ccc4cc(N(c5ccc(C)cc5)c5ccc(C)cc5)cc5ccc(c2)c3c45)cc1. The predicted molar refractivity (Wildman–Crippen MR) is 198 cm³/mol. The third-order valence-corrected chi connectivity index (χ3v) is 9.19. The summed E-state index contributed by atoms with van der Waals surface area (Å²) in [6, 6.07) is 53.8. The van der Waals surface area contributed by atoms with Gasteiger partial charge in [0.25, 0.3) is 0 Å². The minimum Gasteiger partial charge on any atom is -0.310 e. The lowest BCUT2D eigenvalue weighted by molar-refractivity contribution is 1.27. The quantitative estimate of drug-likeness (QED) is 0.177. The second kappa shape index (κ2) is 11.1. The molecule has 0 unspecified atom stereocenters. The highest BCUT2D eigenvalue weighted by Gasteiger charge is 2.19. The maximum absolute atomic E-state index is 2.37. The molecule has 0 bridgehead atoms. The highest BCUT2D eigenvalue weighted by atomic mass is 15.1. The summed E-state index contributed by atoms with van der Waals surface area (Å²) in [5.41, 5.74) is 11.9. The lowest BCUT2D eigenvalue weighted by Crippen LogP contribution is -2.10. The Balaban J connectivity index is 1.30. The standard InChI is InChI=1S/C44H36N2/c1-29-5-17-37(18-6-29)45(38-19-7-30(2)8-20-38)41-25-33-13-15-35-27-42(28-36-16-14-34(26-41)43(33)44(35)36)46(39-21-9-31(3)10-22-39)40-23-11-32(4)12-24-40/h5-28H,1-4H3. The van der Waals surface area contributed by atoms with Gasteiger partial charge >= 0.3 is 0 Å². The van der Waals surface area contributed by atoms with Gasteiger partial charge in [0, 0.05) is 34.1 Å². The van der Waals surface area contributed by atoms with Crippen molar-refractivity contribution in [1.29, 1.82) is 0 Å². The van der Waals surface area contributed by atoms with Gasteiger partial charge in [-0.1, -0.05) is 95.1 Å². The molecule has 2 heteroatoms. The van der Waals surface area contributed by atoms with Gasteiger partial charge in [0.05, 0.1) is 0 Å². The zero-order valence-corrected chi connectivity index (χ0v) is 26.8. The van der Waals surface area contributed by atoms with Crippen LogP contribution in [-0.2, 0) is 0 Å². The molecule has 0 radical (unpaired) electrons. The van der Waals surface area contributed by atoms with Crippen molar-refractivity contribution < 1.29 is 0 Å². The zero-order chi connectivity index (χ0) is 31.4. The summed E-state index contributed by atoms with van der Waals surface area (Å²) in [5, 5.41) is 7.62. The molecule has 8 aromatic carbocycles. The van der Waals surface area contributed by atoms with Gasteiger partial charge in [-0.05, 0) is 133 Å². The fraction of sp³-hybridized carbons (Fsp3) is 0.0909. The van der Waals surface area contributed by atoms with Crippen LogP contribution in [0.5, 0.6) is 0 Å². The Kier molecular flexibility index (Phi) is 6.73. The first-order chi connectivity index (χ1) is 22.4. The van der Waals surface area contributed by atoms with Crippen molar-refractivity contribution in [3.8, 4) is 0 Å². The van der Waals surface area contributed by atoms with Crippen LogP contribution in [0.25, 0.3) is 32.3 Å². The summed E-state index contributed by atoms with van der Waals surface area (Å²) in [4.78, 5) is 4.74. The first-order valence-electron chi connectivity index (χ1n) is 16.0. The van der Waals surface area contributed by atoms with E-state index in [0.717, 1.165) is 34.1 Å². The number of hydrogen-bond donors (Lipinski definition) is 0. The molecule has 0 saturated carbocycles. The Bertz CT molecular complexity index is 1990. The van der Waals surface area contributed by atoms with Gasteiger partial charge in [0.1, 0.15) is 0 Å². The van der Waals surface area contributed by atoms with Gasteiger partial charge < -0.3 is 9.80 Å². The molecule has 0 fully saturated rings. The summed E-state index contributed by atoms with van der Waals surface area (Å²) in [7, 11) is 0. The Morgan fingerprint density at radius 1 is 0.261 bits per heavy atom. The molecule has 0 saturated heterocycles. The van der Waals surface area contributed by atoms with Gasteiger partial charge in [-0.3, -0.25) is 0 Å². The van der Waals surface area contributed by atoms with E-state index >= 15 is 0 Å². The summed E-state index contributed by atoms with van der Waals surface area (Å²) in [6.45, 7) is 8.55. The Morgan fingerprint density at radius 3 is 0.696 bits per heavy atom. The molecule has 0 amide bonds. The van der Waals surface area contributed by atoms with Gasteiger partial charge in [-0.25, -0.2) is 0 Å². The van der Waals surface area contributed by atoms with E-state index in [9.17, 15) is 0 Å². The number of rotatable bonds is 6. The summed E-state index contributed by atoms with van der Waals surface area (Å²) >= 11 is 0. The van der Waals surface area contributed by atoms with E-state index in [1.54, 1.807) is 0 Å². The molecule has 0 aromatic heterocycles. The molecule has 0 spiro atoms. The second-order valence-electron chi connectivity index (χ2n) is 12.7. The number of aryl methyl sites for hydroxylation is 4. The van der Waals surface area contributed by atoms with Gasteiger partial charge in [0.2, 0.25) is 0 Å². The molecule has 8 rings (SSSR count). The molecule has 0 aliphatic rings. The van der Waals surface area contributed by atoms with Crippen molar-refractivity contribution in [2.24, 2.45) is 0 Å². The topological polar surface area (TPSA) is 6.48 Å². The van der Waals surface area contributed by atoms with E-state index in [2.05, 4.69) is 183 Å². The normalized spacial score (nSPS) is 11.5. The van der Waals surface area contributed by atoms with Crippen molar-refractivity contribution in [2.45, 2.75) is 27.7 Å². The first-order valence-corrected chi connectivity index (χ1v) is 16.0. The van der Waals surface area contributed by atoms with Gasteiger partial charge in [-0.2, -0.15) is 0 Å². The molecular formula is C44H36N2. The number of nitrogens with zero attached hydrogens (tertiary/aromatic N) is 2. The van der Waals surface area contributed by atoms with Crippen molar-refractivity contribution in [2.75, 3.05) is 9.80 Å². The van der Waals surface area contributed by atoms with Crippen LogP contribution in [0.4, 0.5) is 34.1 Å². The van der Waals surface area contributed by atoms with Crippen molar-refractivity contribution in [3.05, 3.63) is 168 Å². The van der Waals surface area contributed by atoms with Crippen LogP contribution in [0.2, 0.25) is 0 Å². The Labute approximate surface area is 271 Å². The number of hydrogen-bond acceptors (Lipinski definition) is 2. The third kappa shape index (κ3) is 4.93.